The van der Waals surface area contributed by atoms with Crippen LogP contribution < -0.4 is 14.8 Å². The van der Waals surface area contributed by atoms with Gasteiger partial charge in [0.2, 0.25) is 5.88 Å². The Morgan fingerprint density at radius 2 is 1.78 bits per heavy atom. The molecule has 1 heterocycles. The molecule has 3 aromatic carbocycles. The molecule has 0 radical (unpaired) electrons. The van der Waals surface area contributed by atoms with Crippen molar-refractivity contribution in [2.75, 3.05) is 6.61 Å². The molecule has 0 fully saturated rings. The van der Waals surface area contributed by atoms with Crippen LogP contribution in [0.2, 0.25) is 0 Å². The fourth-order valence-electron chi connectivity index (χ4n) is 4.10. The number of nitrogens with one attached hydrogen (secondary N) is 1. The quantitative estimate of drug-likeness (QED) is 0.268. The number of carbonyl (C=O) groups excluding carboxylic acids is 1. The first-order valence-electron chi connectivity index (χ1n) is 11.5. The summed E-state index contributed by atoms with van der Waals surface area (Å²) in [6.45, 7) is 3.49. The Kier molecular flexibility index (Phi) is 7.62. The maximum absolute atomic E-state index is 15.9. The van der Waals surface area contributed by atoms with E-state index in [1.54, 1.807) is 49.4 Å². The van der Waals surface area contributed by atoms with E-state index in [2.05, 4.69) is 10.3 Å². The highest BCUT2D eigenvalue weighted by atomic mass is 19.1. The first-order valence-corrected chi connectivity index (χ1v) is 11.5. The highest BCUT2D eigenvalue weighted by Gasteiger charge is 2.29. The van der Waals surface area contributed by atoms with Gasteiger partial charge in [-0.2, -0.15) is 0 Å². The number of aromatic nitrogens is 1. The zero-order valence-electron chi connectivity index (χ0n) is 20.1. The van der Waals surface area contributed by atoms with Crippen LogP contribution in [0.15, 0.2) is 66.9 Å². The molecule has 0 aliphatic heterocycles. The van der Waals surface area contributed by atoms with Crippen molar-refractivity contribution < 1.29 is 33.0 Å². The largest absolute Gasteiger partial charge is 0.488 e. The van der Waals surface area contributed by atoms with Gasteiger partial charge >= 0.3 is 6.09 Å². The molecular formula is C28H24F2N2O5. The zero-order chi connectivity index (χ0) is 26.5. The number of ether oxygens (including phenoxy) is 2. The van der Waals surface area contributed by atoms with Crippen molar-refractivity contribution in [1.29, 1.82) is 0 Å². The molecular weight excluding hydrogens is 482 g/mol. The first-order chi connectivity index (χ1) is 17.8. The van der Waals surface area contributed by atoms with Crippen LogP contribution in [0.3, 0.4) is 0 Å². The van der Waals surface area contributed by atoms with E-state index in [0.717, 1.165) is 11.6 Å². The summed E-state index contributed by atoms with van der Waals surface area (Å²) in [4.78, 5) is 29.0. The van der Waals surface area contributed by atoms with Crippen LogP contribution in [0, 0.1) is 11.6 Å². The molecule has 0 bridgehead atoms. The Morgan fingerprint density at radius 3 is 2.49 bits per heavy atom. The lowest BCUT2D eigenvalue weighted by molar-refractivity contribution is 0.103. The van der Waals surface area contributed by atoms with Crippen LogP contribution in [0.5, 0.6) is 11.6 Å². The van der Waals surface area contributed by atoms with Crippen LogP contribution >= 0.6 is 0 Å². The van der Waals surface area contributed by atoms with Crippen LogP contribution in [0.25, 0.3) is 10.8 Å². The summed E-state index contributed by atoms with van der Waals surface area (Å²) in [5.74, 6) is -3.16. The molecule has 37 heavy (non-hydrogen) atoms. The highest BCUT2D eigenvalue weighted by Crippen LogP contribution is 2.35. The number of rotatable bonds is 9. The van der Waals surface area contributed by atoms with Crippen LogP contribution in [0.1, 0.15) is 46.9 Å². The van der Waals surface area contributed by atoms with Gasteiger partial charge in [-0.15, -0.1) is 0 Å². The molecule has 0 saturated heterocycles. The van der Waals surface area contributed by atoms with Gasteiger partial charge in [-0.05, 0) is 36.9 Å². The Labute approximate surface area is 211 Å². The smallest absolute Gasteiger partial charge is 0.405 e. The molecule has 7 nitrogen and oxygen atoms in total. The van der Waals surface area contributed by atoms with Crippen LogP contribution in [-0.2, 0) is 6.61 Å². The third-order valence-electron chi connectivity index (χ3n) is 5.75. The van der Waals surface area contributed by atoms with E-state index in [9.17, 15) is 14.7 Å². The fraction of sp³-hybridized carbons (Fsp3) is 0.179. The predicted octanol–water partition coefficient (Wildman–Crippen LogP) is 6.05. The van der Waals surface area contributed by atoms with Crippen molar-refractivity contribution in [3.05, 3.63) is 101 Å². The fourth-order valence-corrected chi connectivity index (χ4v) is 4.10. The van der Waals surface area contributed by atoms with Crippen molar-refractivity contribution in [1.82, 2.24) is 10.3 Å². The minimum Gasteiger partial charge on any atom is -0.488 e. The van der Waals surface area contributed by atoms with E-state index in [1.807, 2.05) is 6.07 Å². The summed E-state index contributed by atoms with van der Waals surface area (Å²) >= 11 is 0. The van der Waals surface area contributed by atoms with E-state index in [4.69, 9.17) is 9.47 Å². The van der Waals surface area contributed by atoms with Gasteiger partial charge < -0.3 is 19.9 Å². The standard InChI is InChI=1S/C28H24F2N2O5/c1-3-36-27-20-11-7-10-19(18(20)12-13-31-27)26(33)24-21(29)14-22(37-15-17-8-5-4-6-9-17)23(25(24)30)16(2)32-28(34)35/h4-14,16,32H,3,15H2,1-2H3,(H,34,35). The van der Waals surface area contributed by atoms with Gasteiger partial charge in [-0.3, -0.25) is 4.79 Å². The monoisotopic (exact) mass is 506 g/mol. The molecule has 2 N–H and O–H groups in total. The lowest BCUT2D eigenvalue weighted by Crippen LogP contribution is -2.26. The molecule has 0 saturated carbocycles. The topological polar surface area (TPSA) is 97.8 Å². The number of pyridine rings is 1. The maximum Gasteiger partial charge on any atom is 0.405 e. The van der Waals surface area contributed by atoms with Gasteiger partial charge in [-0.1, -0.05) is 42.5 Å². The Balaban J connectivity index is 1.82. The van der Waals surface area contributed by atoms with Gasteiger partial charge in [0.05, 0.1) is 23.8 Å². The summed E-state index contributed by atoms with van der Waals surface area (Å²) in [7, 11) is 0. The normalized spacial score (nSPS) is 11.7. The number of ketones is 1. The second-order valence-electron chi connectivity index (χ2n) is 8.18. The first kappa shape index (κ1) is 25.6. The van der Waals surface area contributed by atoms with Crippen molar-refractivity contribution >= 4 is 22.6 Å². The number of fused-ring (bicyclic) bond motifs is 1. The lowest BCUT2D eigenvalue weighted by Gasteiger charge is -2.20. The molecule has 190 valence electrons. The highest BCUT2D eigenvalue weighted by molar-refractivity contribution is 6.17. The average Bonchev–Trinajstić information content (AvgIpc) is 2.87. The van der Waals surface area contributed by atoms with Crippen molar-refractivity contribution in [3.8, 4) is 11.6 Å². The molecule has 1 unspecified atom stereocenters. The molecule has 4 aromatic rings. The van der Waals surface area contributed by atoms with E-state index in [-0.39, 0.29) is 23.5 Å². The Hall–Kier alpha value is -4.53. The molecule has 1 amide bonds. The van der Waals surface area contributed by atoms with Gasteiger partial charge in [0.15, 0.2) is 5.78 Å². The van der Waals surface area contributed by atoms with Gasteiger partial charge in [0.25, 0.3) is 0 Å². The van der Waals surface area contributed by atoms with Crippen molar-refractivity contribution in [3.63, 3.8) is 0 Å². The number of hydrogen-bond donors (Lipinski definition) is 2. The number of carboxylic acid groups (broad SMARTS) is 1. The number of hydrogen-bond acceptors (Lipinski definition) is 5. The summed E-state index contributed by atoms with van der Waals surface area (Å²) in [5, 5.41) is 12.3. The predicted molar refractivity (Wildman–Crippen MR) is 133 cm³/mol. The Morgan fingerprint density at radius 1 is 1.03 bits per heavy atom. The van der Waals surface area contributed by atoms with Crippen LogP contribution in [-0.4, -0.2) is 28.6 Å². The number of nitrogens with zero attached hydrogens (tertiary/aromatic N) is 1. The third kappa shape index (κ3) is 5.35. The molecule has 4 rings (SSSR count). The zero-order valence-corrected chi connectivity index (χ0v) is 20.1. The van der Waals surface area contributed by atoms with E-state index in [1.165, 1.54) is 19.2 Å². The molecule has 0 spiro atoms. The van der Waals surface area contributed by atoms with E-state index < -0.39 is 35.1 Å². The SMILES string of the molecule is CCOc1nccc2c(C(=O)c3c(F)cc(OCc4ccccc4)c(C(C)NC(=O)O)c3F)cccc12. The number of halogens is 2. The summed E-state index contributed by atoms with van der Waals surface area (Å²) in [5.41, 5.74) is -0.313. The van der Waals surface area contributed by atoms with Gasteiger partial charge in [-0.25, -0.2) is 18.6 Å². The van der Waals surface area contributed by atoms with Crippen molar-refractivity contribution in [2.45, 2.75) is 26.5 Å². The molecule has 1 aromatic heterocycles. The molecule has 9 heteroatoms. The number of benzene rings is 3. The minimum absolute atomic E-state index is 0.0175. The summed E-state index contributed by atoms with van der Waals surface area (Å²) in [6.07, 6.45) is 0.0323. The average molecular weight is 507 g/mol. The Bertz CT molecular complexity index is 1460. The number of amides is 1. The molecule has 0 aliphatic rings. The third-order valence-corrected chi connectivity index (χ3v) is 5.75. The summed E-state index contributed by atoms with van der Waals surface area (Å²) in [6, 6.07) is 15.0. The lowest BCUT2D eigenvalue weighted by atomic mass is 9.94. The number of carbonyl (C=O) groups is 2. The van der Waals surface area contributed by atoms with Crippen LogP contribution in [0.4, 0.5) is 13.6 Å². The second-order valence-corrected chi connectivity index (χ2v) is 8.18. The van der Waals surface area contributed by atoms with Crippen molar-refractivity contribution in [2.24, 2.45) is 0 Å². The van der Waals surface area contributed by atoms with E-state index >= 15 is 8.78 Å². The maximum atomic E-state index is 15.9. The molecule has 0 aliphatic carbocycles. The van der Waals surface area contributed by atoms with Gasteiger partial charge in [0.1, 0.15) is 24.0 Å². The molecule has 1 atom stereocenters. The minimum atomic E-state index is -1.41. The van der Waals surface area contributed by atoms with Gasteiger partial charge in [0, 0.05) is 23.2 Å². The second kappa shape index (κ2) is 11.0. The summed E-state index contributed by atoms with van der Waals surface area (Å²) < 4.78 is 42.5. The van der Waals surface area contributed by atoms with E-state index in [0.29, 0.717) is 23.3 Å².